The minimum Gasteiger partial charge on any atom is -0.481 e. The summed E-state index contributed by atoms with van der Waals surface area (Å²) in [5, 5.41) is 8.58. The van der Waals surface area contributed by atoms with Gasteiger partial charge in [-0.25, -0.2) is 8.42 Å². The van der Waals surface area contributed by atoms with Gasteiger partial charge < -0.3 is 5.11 Å². The molecule has 17 heavy (non-hydrogen) atoms. The fourth-order valence-corrected chi connectivity index (χ4v) is 2.17. The topological polar surface area (TPSA) is 83.9 Å². The van der Waals surface area contributed by atoms with Crippen molar-refractivity contribution in [1.29, 1.82) is 0 Å². The van der Waals surface area contributed by atoms with E-state index in [-0.39, 0.29) is 11.3 Å². The van der Waals surface area contributed by atoms with Crippen molar-refractivity contribution < 1.29 is 23.2 Å². The first-order valence-corrected chi connectivity index (χ1v) is 6.15. The Labute approximate surface area is 99.4 Å². The van der Waals surface area contributed by atoms with Crippen LogP contribution >= 0.6 is 0 Å². The summed E-state index contributed by atoms with van der Waals surface area (Å²) in [5.41, 5.74) is 0.538. The van der Waals surface area contributed by atoms with E-state index in [2.05, 4.69) is 4.84 Å². The Morgan fingerprint density at radius 3 is 2.29 bits per heavy atom. The highest BCUT2D eigenvalue weighted by Gasteiger charge is 2.20. The van der Waals surface area contributed by atoms with Crippen molar-refractivity contribution in [3.8, 4) is 0 Å². The van der Waals surface area contributed by atoms with Gasteiger partial charge in [0.05, 0.1) is 18.4 Å². The minimum absolute atomic E-state index is 0.0518. The highest BCUT2D eigenvalue weighted by molar-refractivity contribution is 7.89. The van der Waals surface area contributed by atoms with Crippen LogP contribution in [0.1, 0.15) is 5.56 Å². The Kier molecular flexibility index (Phi) is 4.22. The standard InChI is InChI=1S/C10H13NO5S/c1-11(16-2)17(14,15)9-5-3-8(4-6-9)7-10(12)13/h3-6H,7H2,1-2H3,(H,12,13). The Bertz CT molecular complexity index is 494. The van der Waals surface area contributed by atoms with E-state index in [1.54, 1.807) is 0 Å². The summed E-state index contributed by atoms with van der Waals surface area (Å²) in [7, 11) is -1.15. The summed E-state index contributed by atoms with van der Waals surface area (Å²) in [4.78, 5) is 15.1. The molecule has 1 rings (SSSR count). The molecule has 1 aromatic carbocycles. The second-order valence-electron chi connectivity index (χ2n) is 3.31. The quantitative estimate of drug-likeness (QED) is 0.778. The van der Waals surface area contributed by atoms with Gasteiger partial charge in [0.2, 0.25) is 0 Å². The number of rotatable bonds is 5. The van der Waals surface area contributed by atoms with Gasteiger partial charge in [-0.15, -0.1) is 0 Å². The number of aliphatic carboxylic acids is 1. The van der Waals surface area contributed by atoms with Gasteiger partial charge in [0.1, 0.15) is 0 Å². The molecule has 0 radical (unpaired) electrons. The van der Waals surface area contributed by atoms with Crippen molar-refractivity contribution in [2.45, 2.75) is 11.3 Å². The monoisotopic (exact) mass is 259 g/mol. The second kappa shape index (κ2) is 5.26. The largest absolute Gasteiger partial charge is 0.481 e. The van der Waals surface area contributed by atoms with Gasteiger partial charge in [-0.3, -0.25) is 9.63 Å². The summed E-state index contributed by atoms with van der Waals surface area (Å²) >= 11 is 0. The molecule has 1 N–H and O–H groups in total. The maximum absolute atomic E-state index is 11.8. The number of carboxylic acid groups (broad SMARTS) is 1. The van der Waals surface area contributed by atoms with Gasteiger partial charge in [-0.05, 0) is 17.7 Å². The van der Waals surface area contributed by atoms with Crippen LogP contribution in [0, 0.1) is 0 Å². The second-order valence-corrected chi connectivity index (χ2v) is 5.25. The molecule has 0 fully saturated rings. The zero-order valence-corrected chi connectivity index (χ0v) is 10.3. The molecule has 0 unspecified atom stereocenters. The van der Waals surface area contributed by atoms with E-state index in [0.717, 1.165) is 4.47 Å². The van der Waals surface area contributed by atoms with E-state index in [9.17, 15) is 13.2 Å². The normalized spacial score (nSPS) is 11.7. The van der Waals surface area contributed by atoms with Gasteiger partial charge in [0.25, 0.3) is 10.0 Å². The number of carbonyl (C=O) groups is 1. The highest BCUT2D eigenvalue weighted by Crippen LogP contribution is 2.15. The van der Waals surface area contributed by atoms with Gasteiger partial charge in [-0.2, -0.15) is 0 Å². The third kappa shape index (κ3) is 3.26. The number of sulfonamides is 1. The van der Waals surface area contributed by atoms with Gasteiger partial charge in [0.15, 0.2) is 0 Å². The molecule has 1 aromatic rings. The average Bonchev–Trinajstić information content (AvgIpc) is 2.27. The number of hydroxylamine groups is 1. The number of carboxylic acids is 1. The van der Waals surface area contributed by atoms with Crippen molar-refractivity contribution >= 4 is 16.0 Å². The predicted octanol–water partition coefficient (Wildman–Crippen LogP) is 0.496. The van der Waals surface area contributed by atoms with E-state index in [1.165, 1.54) is 38.4 Å². The molecule has 0 amide bonds. The fourth-order valence-electron chi connectivity index (χ4n) is 1.20. The first-order chi connectivity index (χ1) is 7.87. The van der Waals surface area contributed by atoms with Gasteiger partial charge in [0, 0.05) is 7.05 Å². The van der Waals surface area contributed by atoms with Crippen LogP contribution in [0.15, 0.2) is 29.2 Å². The Balaban J connectivity index is 2.99. The van der Waals surface area contributed by atoms with Crippen LogP contribution in [0.25, 0.3) is 0 Å². The molecule has 7 heteroatoms. The van der Waals surface area contributed by atoms with E-state index in [4.69, 9.17) is 5.11 Å². The summed E-state index contributed by atoms with van der Waals surface area (Å²) in [5.74, 6) is -0.963. The molecular formula is C10H13NO5S. The van der Waals surface area contributed by atoms with Crippen molar-refractivity contribution in [1.82, 2.24) is 4.47 Å². The summed E-state index contributed by atoms with van der Waals surface area (Å²) in [6.07, 6.45) is -0.138. The van der Waals surface area contributed by atoms with Crippen molar-refractivity contribution in [3.05, 3.63) is 29.8 Å². The first kappa shape index (κ1) is 13.6. The third-order valence-corrected chi connectivity index (χ3v) is 3.87. The zero-order chi connectivity index (χ0) is 13.1. The smallest absolute Gasteiger partial charge is 0.307 e. The highest BCUT2D eigenvalue weighted by atomic mass is 32.2. The number of hydrogen-bond acceptors (Lipinski definition) is 4. The molecule has 0 atom stereocenters. The van der Waals surface area contributed by atoms with Crippen molar-refractivity contribution in [3.63, 3.8) is 0 Å². The Morgan fingerprint density at radius 1 is 1.35 bits per heavy atom. The molecule has 0 saturated carbocycles. The predicted molar refractivity (Wildman–Crippen MR) is 59.7 cm³/mol. The minimum atomic E-state index is -3.67. The van der Waals surface area contributed by atoms with Crippen LogP contribution in [-0.4, -0.2) is 38.1 Å². The molecule has 0 aliphatic carbocycles. The number of nitrogens with zero attached hydrogens (tertiary/aromatic N) is 1. The lowest BCUT2D eigenvalue weighted by Crippen LogP contribution is -2.25. The number of benzene rings is 1. The molecular weight excluding hydrogens is 246 g/mol. The SMILES string of the molecule is CON(C)S(=O)(=O)c1ccc(CC(=O)O)cc1. The van der Waals surface area contributed by atoms with Crippen LogP contribution < -0.4 is 0 Å². The molecule has 0 heterocycles. The lowest BCUT2D eigenvalue weighted by molar-refractivity contribution is -0.136. The van der Waals surface area contributed by atoms with Gasteiger partial charge >= 0.3 is 5.97 Å². The third-order valence-electron chi connectivity index (χ3n) is 2.17. The van der Waals surface area contributed by atoms with E-state index < -0.39 is 16.0 Å². The fraction of sp³-hybridized carbons (Fsp3) is 0.300. The molecule has 0 bridgehead atoms. The van der Waals surface area contributed by atoms with Gasteiger partial charge in [-0.1, -0.05) is 16.6 Å². The summed E-state index contributed by atoms with van der Waals surface area (Å²) in [6.45, 7) is 0. The van der Waals surface area contributed by atoms with E-state index >= 15 is 0 Å². The van der Waals surface area contributed by atoms with E-state index in [1.807, 2.05) is 0 Å². The molecule has 0 aromatic heterocycles. The first-order valence-electron chi connectivity index (χ1n) is 4.71. The Morgan fingerprint density at radius 2 is 1.88 bits per heavy atom. The molecule has 6 nitrogen and oxygen atoms in total. The van der Waals surface area contributed by atoms with Crippen LogP contribution in [0.3, 0.4) is 0 Å². The molecule has 0 aliphatic rings. The van der Waals surface area contributed by atoms with Crippen LogP contribution in [-0.2, 0) is 26.1 Å². The lowest BCUT2D eigenvalue weighted by Gasteiger charge is -2.14. The molecule has 0 saturated heterocycles. The zero-order valence-electron chi connectivity index (χ0n) is 9.45. The van der Waals surface area contributed by atoms with Crippen LogP contribution in [0.5, 0.6) is 0 Å². The number of hydrogen-bond donors (Lipinski definition) is 1. The maximum atomic E-state index is 11.8. The van der Waals surface area contributed by atoms with Crippen molar-refractivity contribution in [2.24, 2.45) is 0 Å². The van der Waals surface area contributed by atoms with E-state index in [0.29, 0.717) is 5.56 Å². The average molecular weight is 259 g/mol. The van der Waals surface area contributed by atoms with Crippen LogP contribution in [0.4, 0.5) is 0 Å². The summed E-state index contributed by atoms with van der Waals surface area (Å²) in [6, 6.07) is 5.63. The maximum Gasteiger partial charge on any atom is 0.307 e. The lowest BCUT2D eigenvalue weighted by atomic mass is 10.2. The van der Waals surface area contributed by atoms with Crippen molar-refractivity contribution in [2.75, 3.05) is 14.2 Å². The molecule has 0 aliphatic heterocycles. The Hall–Kier alpha value is -1.44. The van der Waals surface area contributed by atoms with Crippen LogP contribution in [0.2, 0.25) is 0 Å². The summed E-state index contributed by atoms with van der Waals surface area (Å²) < 4.78 is 24.3. The molecule has 94 valence electrons. The molecule has 0 spiro atoms.